The standard InChI is InChI=1S/C27H28Cl2N4/c1-19(12-15-28)20(2)27-32-25(22-8-10-23(29)11-9-22)26(24-13-16-30-18-31-24)33(27)17-14-21-6-4-3-5-7-21/h3-11,13,16,18-20H,12,14-15,17H2,1-2H3. The van der Waals surface area contributed by atoms with Crippen molar-refractivity contribution in [3.63, 3.8) is 0 Å². The molecule has 0 aliphatic rings. The maximum atomic E-state index is 6.18. The smallest absolute Gasteiger partial charge is 0.116 e. The Morgan fingerprint density at radius 1 is 0.970 bits per heavy atom. The minimum absolute atomic E-state index is 0.237. The molecule has 0 bridgehead atoms. The molecule has 0 saturated carbocycles. The van der Waals surface area contributed by atoms with Crippen LogP contribution in [0, 0.1) is 5.92 Å². The Balaban J connectivity index is 1.88. The van der Waals surface area contributed by atoms with Crippen molar-refractivity contribution in [2.45, 2.75) is 39.2 Å². The Morgan fingerprint density at radius 3 is 2.39 bits per heavy atom. The molecule has 4 nitrogen and oxygen atoms in total. The molecule has 4 rings (SSSR count). The molecule has 0 N–H and O–H groups in total. The van der Waals surface area contributed by atoms with Gasteiger partial charge in [0.25, 0.3) is 0 Å². The minimum atomic E-state index is 0.237. The largest absolute Gasteiger partial charge is 0.326 e. The highest BCUT2D eigenvalue weighted by molar-refractivity contribution is 6.30. The van der Waals surface area contributed by atoms with Crippen LogP contribution in [0.4, 0.5) is 0 Å². The monoisotopic (exact) mass is 478 g/mol. The summed E-state index contributed by atoms with van der Waals surface area (Å²) in [7, 11) is 0. The van der Waals surface area contributed by atoms with Crippen LogP contribution < -0.4 is 0 Å². The Morgan fingerprint density at radius 2 is 1.73 bits per heavy atom. The lowest BCUT2D eigenvalue weighted by Gasteiger charge is -2.21. The molecule has 0 saturated heterocycles. The number of imidazole rings is 1. The summed E-state index contributed by atoms with van der Waals surface area (Å²) >= 11 is 12.3. The third-order valence-corrected chi connectivity index (χ3v) is 6.70. The zero-order valence-electron chi connectivity index (χ0n) is 19.0. The summed E-state index contributed by atoms with van der Waals surface area (Å²) in [6.45, 7) is 5.29. The average molecular weight is 479 g/mol. The molecule has 0 amide bonds. The second-order valence-electron chi connectivity index (χ2n) is 8.40. The van der Waals surface area contributed by atoms with Gasteiger partial charge in [0.15, 0.2) is 0 Å². The third-order valence-electron chi connectivity index (χ3n) is 6.23. The van der Waals surface area contributed by atoms with Crippen LogP contribution in [0.5, 0.6) is 0 Å². The molecule has 2 atom stereocenters. The van der Waals surface area contributed by atoms with Gasteiger partial charge in [-0.3, -0.25) is 0 Å². The quantitative estimate of drug-likeness (QED) is 0.237. The highest BCUT2D eigenvalue weighted by atomic mass is 35.5. The van der Waals surface area contributed by atoms with E-state index in [0.29, 0.717) is 16.8 Å². The number of benzene rings is 2. The van der Waals surface area contributed by atoms with E-state index in [-0.39, 0.29) is 5.92 Å². The maximum Gasteiger partial charge on any atom is 0.116 e. The lowest BCUT2D eigenvalue weighted by molar-refractivity contribution is 0.440. The van der Waals surface area contributed by atoms with E-state index in [1.165, 1.54) is 5.56 Å². The zero-order chi connectivity index (χ0) is 23.2. The van der Waals surface area contributed by atoms with Gasteiger partial charge in [-0.2, -0.15) is 0 Å². The molecule has 0 aliphatic carbocycles. The van der Waals surface area contributed by atoms with E-state index >= 15 is 0 Å². The molecule has 6 heteroatoms. The summed E-state index contributed by atoms with van der Waals surface area (Å²) in [6, 6.07) is 20.4. The first-order valence-corrected chi connectivity index (χ1v) is 12.2. The third kappa shape index (κ3) is 5.45. The van der Waals surface area contributed by atoms with E-state index in [1.807, 2.05) is 36.4 Å². The van der Waals surface area contributed by atoms with Gasteiger partial charge in [-0.15, -0.1) is 11.6 Å². The van der Waals surface area contributed by atoms with Crippen LogP contribution >= 0.6 is 23.2 Å². The fourth-order valence-electron chi connectivity index (χ4n) is 4.11. The van der Waals surface area contributed by atoms with Gasteiger partial charge in [-0.05, 0) is 42.5 Å². The van der Waals surface area contributed by atoms with Gasteiger partial charge in [0.1, 0.15) is 12.2 Å². The van der Waals surface area contributed by atoms with E-state index in [9.17, 15) is 0 Å². The van der Waals surface area contributed by atoms with Gasteiger partial charge >= 0.3 is 0 Å². The molecule has 2 heterocycles. The predicted molar refractivity (Wildman–Crippen MR) is 137 cm³/mol. The van der Waals surface area contributed by atoms with E-state index in [1.54, 1.807) is 12.5 Å². The van der Waals surface area contributed by atoms with Crippen molar-refractivity contribution in [3.05, 3.63) is 89.6 Å². The number of aryl methyl sites for hydroxylation is 1. The molecule has 2 aromatic carbocycles. The van der Waals surface area contributed by atoms with Crippen LogP contribution in [-0.4, -0.2) is 25.4 Å². The lowest BCUT2D eigenvalue weighted by atomic mass is 9.92. The zero-order valence-corrected chi connectivity index (χ0v) is 20.5. The summed E-state index contributed by atoms with van der Waals surface area (Å²) in [5, 5.41) is 0.704. The number of rotatable bonds is 9. The number of halogens is 2. The normalized spacial score (nSPS) is 13.1. The molecule has 170 valence electrons. The van der Waals surface area contributed by atoms with Crippen LogP contribution in [0.2, 0.25) is 5.02 Å². The van der Waals surface area contributed by atoms with Crippen molar-refractivity contribution >= 4 is 23.2 Å². The van der Waals surface area contributed by atoms with Crippen molar-refractivity contribution in [1.82, 2.24) is 19.5 Å². The highest BCUT2D eigenvalue weighted by Gasteiger charge is 2.26. The number of alkyl halides is 1. The second kappa shape index (κ2) is 11.0. The number of aromatic nitrogens is 4. The molecule has 0 fully saturated rings. The molecule has 0 spiro atoms. The maximum absolute atomic E-state index is 6.18. The first kappa shape index (κ1) is 23.5. The second-order valence-corrected chi connectivity index (χ2v) is 9.21. The van der Waals surface area contributed by atoms with E-state index in [4.69, 9.17) is 28.2 Å². The number of nitrogens with zero attached hydrogens (tertiary/aromatic N) is 4. The molecular formula is C27H28Cl2N4. The van der Waals surface area contributed by atoms with Gasteiger partial charge in [0.2, 0.25) is 0 Å². The topological polar surface area (TPSA) is 43.6 Å². The van der Waals surface area contributed by atoms with Gasteiger partial charge in [0, 0.05) is 35.1 Å². The average Bonchev–Trinajstić information content (AvgIpc) is 3.23. The van der Waals surface area contributed by atoms with E-state index < -0.39 is 0 Å². The molecular weight excluding hydrogens is 451 g/mol. The fraction of sp³-hybridized carbons (Fsp3) is 0.296. The van der Waals surface area contributed by atoms with Gasteiger partial charge in [-0.1, -0.05) is 67.9 Å². The Bertz CT molecular complexity index is 1160. The Kier molecular flexibility index (Phi) is 7.79. The first-order chi connectivity index (χ1) is 16.1. The van der Waals surface area contributed by atoms with E-state index in [0.717, 1.165) is 47.9 Å². The number of hydrogen-bond donors (Lipinski definition) is 0. The van der Waals surface area contributed by atoms with Gasteiger partial charge in [0.05, 0.1) is 17.1 Å². The fourth-order valence-corrected chi connectivity index (χ4v) is 4.58. The SMILES string of the molecule is CC(CCCl)C(C)c1nc(-c2ccc(Cl)cc2)c(-c2ccncn2)n1CCc1ccccc1. The van der Waals surface area contributed by atoms with E-state index in [2.05, 4.69) is 52.6 Å². The molecule has 4 aromatic rings. The first-order valence-electron chi connectivity index (χ1n) is 11.3. The highest BCUT2D eigenvalue weighted by Crippen LogP contribution is 2.37. The molecule has 33 heavy (non-hydrogen) atoms. The van der Waals surface area contributed by atoms with Crippen molar-refractivity contribution in [1.29, 1.82) is 0 Å². The summed E-state index contributed by atoms with van der Waals surface area (Å²) in [5.74, 6) is 2.33. The minimum Gasteiger partial charge on any atom is -0.326 e. The lowest BCUT2D eigenvalue weighted by Crippen LogP contribution is -2.15. The molecule has 2 aromatic heterocycles. The Hall–Kier alpha value is -2.69. The van der Waals surface area contributed by atoms with Crippen molar-refractivity contribution in [3.8, 4) is 22.6 Å². The Labute approximate surface area is 205 Å². The molecule has 0 radical (unpaired) electrons. The molecule has 2 unspecified atom stereocenters. The van der Waals surface area contributed by atoms with Crippen LogP contribution in [0.1, 0.15) is 37.6 Å². The van der Waals surface area contributed by atoms with Crippen molar-refractivity contribution in [2.24, 2.45) is 5.92 Å². The van der Waals surface area contributed by atoms with Crippen LogP contribution in [0.3, 0.4) is 0 Å². The van der Waals surface area contributed by atoms with Crippen molar-refractivity contribution < 1.29 is 0 Å². The summed E-state index contributed by atoms with van der Waals surface area (Å²) < 4.78 is 2.34. The van der Waals surface area contributed by atoms with Crippen LogP contribution in [0.15, 0.2) is 73.2 Å². The number of hydrogen-bond acceptors (Lipinski definition) is 3. The van der Waals surface area contributed by atoms with Crippen LogP contribution in [-0.2, 0) is 13.0 Å². The van der Waals surface area contributed by atoms with Gasteiger partial charge < -0.3 is 4.57 Å². The van der Waals surface area contributed by atoms with Gasteiger partial charge in [-0.25, -0.2) is 15.0 Å². The molecule has 0 aliphatic heterocycles. The predicted octanol–water partition coefficient (Wildman–Crippen LogP) is 7.27. The summed E-state index contributed by atoms with van der Waals surface area (Å²) in [6.07, 6.45) is 5.21. The summed E-state index contributed by atoms with van der Waals surface area (Å²) in [5.41, 5.74) is 5.10. The van der Waals surface area contributed by atoms with Crippen molar-refractivity contribution in [2.75, 3.05) is 5.88 Å². The van der Waals surface area contributed by atoms with Crippen LogP contribution in [0.25, 0.3) is 22.6 Å². The summed E-state index contributed by atoms with van der Waals surface area (Å²) in [4.78, 5) is 14.0.